The highest BCUT2D eigenvalue weighted by Gasteiger charge is 2.24. The summed E-state index contributed by atoms with van der Waals surface area (Å²) < 4.78 is 24.3. The number of piperazine rings is 1. The summed E-state index contributed by atoms with van der Waals surface area (Å²) in [6, 6.07) is 9.52. The second kappa shape index (κ2) is 6.00. The van der Waals surface area contributed by atoms with E-state index in [2.05, 4.69) is 4.90 Å². The van der Waals surface area contributed by atoms with Crippen molar-refractivity contribution in [3.8, 4) is 0 Å². The van der Waals surface area contributed by atoms with Crippen LogP contribution in [0.1, 0.15) is 11.7 Å². The van der Waals surface area contributed by atoms with Crippen LogP contribution in [-0.2, 0) is 10.0 Å². The average Bonchev–Trinajstić information content (AvgIpc) is 2.39. The molecule has 0 amide bonds. The lowest BCUT2D eigenvalue weighted by Crippen LogP contribution is -2.49. The van der Waals surface area contributed by atoms with Gasteiger partial charge in [0, 0.05) is 32.7 Å². The van der Waals surface area contributed by atoms with E-state index in [1.807, 2.05) is 30.3 Å². The monoisotopic (exact) mass is 284 g/mol. The molecular weight excluding hydrogens is 264 g/mol. The number of hydrogen-bond donors (Lipinski definition) is 1. The second-order valence-corrected chi connectivity index (χ2v) is 6.87. The molecule has 0 aliphatic carbocycles. The van der Waals surface area contributed by atoms with E-state index in [1.165, 1.54) is 10.6 Å². The molecule has 19 heavy (non-hydrogen) atoms. The molecule has 0 saturated carbocycles. The Hall–Kier alpha value is -0.950. The van der Waals surface area contributed by atoms with Crippen LogP contribution in [0.25, 0.3) is 0 Å². The van der Waals surface area contributed by atoms with Crippen molar-refractivity contribution in [2.45, 2.75) is 6.10 Å². The molecule has 2 rings (SSSR count). The summed E-state index contributed by atoms with van der Waals surface area (Å²) in [6.07, 6.45) is 0.715. The van der Waals surface area contributed by atoms with Crippen molar-refractivity contribution >= 4 is 10.0 Å². The Bertz CT molecular complexity index is 496. The Kier molecular flexibility index (Phi) is 4.57. The van der Waals surface area contributed by atoms with Gasteiger partial charge < -0.3 is 5.11 Å². The van der Waals surface area contributed by atoms with Crippen molar-refractivity contribution in [3.63, 3.8) is 0 Å². The molecule has 1 aliphatic rings. The summed E-state index contributed by atoms with van der Waals surface area (Å²) in [6.45, 7) is 2.87. The molecule has 1 atom stereocenters. The molecule has 1 saturated heterocycles. The lowest BCUT2D eigenvalue weighted by molar-refractivity contribution is 0.0922. The molecule has 0 spiro atoms. The van der Waals surface area contributed by atoms with Crippen LogP contribution in [-0.4, -0.2) is 61.7 Å². The molecule has 6 heteroatoms. The van der Waals surface area contributed by atoms with Gasteiger partial charge in [0.15, 0.2) is 0 Å². The van der Waals surface area contributed by atoms with Crippen molar-refractivity contribution in [1.82, 2.24) is 9.21 Å². The van der Waals surface area contributed by atoms with Crippen LogP contribution < -0.4 is 0 Å². The molecule has 1 unspecified atom stereocenters. The van der Waals surface area contributed by atoms with Crippen molar-refractivity contribution in [2.24, 2.45) is 0 Å². The van der Waals surface area contributed by atoms with Crippen molar-refractivity contribution in [2.75, 3.05) is 39.0 Å². The third-order valence-corrected chi connectivity index (χ3v) is 4.72. The first-order chi connectivity index (χ1) is 8.97. The summed E-state index contributed by atoms with van der Waals surface area (Å²) in [5.41, 5.74) is 0.896. The minimum atomic E-state index is -3.09. The van der Waals surface area contributed by atoms with E-state index in [0.29, 0.717) is 32.7 Å². The van der Waals surface area contributed by atoms with Gasteiger partial charge in [0.05, 0.1) is 12.4 Å². The van der Waals surface area contributed by atoms with Gasteiger partial charge in [-0.15, -0.1) is 0 Å². The van der Waals surface area contributed by atoms with Gasteiger partial charge in [-0.3, -0.25) is 4.90 Å². The lowest BCUT2D eigenvalue weighted by Gasteiger charge is -2.34. The van der Waals surface area contributed by atoms with Gasteiger partial charge in [0.25, 0.3) is 0 Å². The highest BCUT2D eigenvalue weighted by atomic mass is 32.2. The highest BCUT2D eigenvalue weighted by molar-refractivity contribution is 7.88. The van der Waals surface area contributed by atoms with Gasteiger partial charge in [-0.1, -0.05) is 30.3 Å². The minimum Gasteiger partial charge on any atom is -0.387 e. The second-order valence-electron chi connectivity index (χ2n) is 4.89. The van der Waals surface area contributed by atoms with E-state index >= 15 is 0 Å². The lowest BCUT2D eigenvalue weighted by atomic mass is 10.1. The zero-order chi connectivity index (χ0) is 13.9. The fourth-order valence-corrected chi connectivity index (χ4v) is 3.10. The van der Waals surface area contributed by atoms with E-state index < -0.39 is 16.1 Å². The Morgan fingerprint density at radius 2 is 1.74 bits per heavy atom. The number of aliphatic hydroxyl groups is 1. The van der Waals surface area contributed by atoms with Crippen LogP contribution in [0.5, 0.6) is 0 Å². The summed E-state index contributed by atoms with van der Waals surface area (Å²) in [4.78, 5) is 2.10. The molecule has 0 aromatic heterocycles. The summed E-state index contributed by atoms with van der Waals surface area (Å²) >= 11 is 0. The van der Waals surface area contributed by atoms with Crippen molar-refractivity contribution in [3.05, 3.63) is 35.9 Å². The zero-order valence-corrected chi connectivity index (χ0v) is 11.9. The van der Waals surface area contributed by atoms with Crippen molar-refractivity contribution in [1.29, 1.82) is 0 Å². The van der Waals surface area contributed by atoms with E-state index in [0.717, 1.165) is 5.56 Å². The van der Waals surface area contributed by atoms with Gasteiger partial charge in [-0.25, -0.2) is 8.42 Å². The van der Waals surface area contributed by atoms with Crippen LogP contribution in [0.3, 0.4) is 0 Å². The molecule has 0 radical (unpaired) electrons. The predicted molar refractivity (Wildman–Crippen MR) is 74.3 cm³/mol. The topological polar surface area (TPSA) is 60.9 Å². The van der Waals surface area contributed by atoms with Crippen LogP contribution in [0.15, 0.2) is 30.3 Å². The van der Waals surface area contributed by atoms with Crippen LogP contribution in [0.2, 0.25) is 0 Å². The fraction of sp³-hybridized carbons (Fsp3) is 0.538. The maximum Gasteiger partial charge on any atom is 0.211 e. The van der Waals surface area contributed by atoms with E-state index in [-0.39, 0.29) is 0 Å². The maximum absolute atomic E-state index is 11.4. The highest BCUT2D eigenvalue weighted by Crippen LogP contribution is 2.15. The maximum atomic E-state index is 11.4. The Morgan fingerprint density at radius 3 is 2.26 bits per heavy atom. The molecular formula is C13H20N2O3S. The van der Waals surface area contributed by atoms with E-state index in [1.54, 1.807) is 0 Å². The van der Waals surface area contributed by atoms with Crippen LogP contribution in [0, 0.1) is 0 Å². The molecule has 0 bridgehead atoms. The first kappa shape index (κ1) is 14.5. The standard InChI is InChI=1S/C13H20N2O3S/c1-19(17,18)15-9-7-14(8-10-15)11-13(16)12-5-3-2-4-6-12/h2-6,13,16H,7-11H2,1H3. The van der Waals surface area contributed by atoms with Crippen LogP contribution >= 0.6 is 0 Å². The normalized spacial score (nSPS) is 20.3. The molecule has 1 N–H and O–H groups in total. The Morgan fingerprint density at radius 1 is 1.16 bits per heavy atom. The van der Waals surface area contributed by atoms with Gasteiger partial charge in [-0.05, 0) is 5.56 Å². The largest absolute Gasteiger partial charge is 0.387 e. The van der Waals surface area contributed by atoms with E-state index in [9.17, 15) is 13.5 Å². The third kappa shape index (κ3) is 4.01. The number of hydrogen-bond acceptors (Lipinski definition) is 4. The molecule has 1 heterocycles. The van der Waals surface area contributed by atoms with Gasteiger partial charge in [0.2, 0.25) is 10.0 Å². The Balaban J connectivity index is 1.86. The molecule has 1 aliphatic heterocycles. The summed E-state index contributed by atoms with van der Waals surface area (Å²) in [5, 5.41) is 10.1. The van der Waals surface area contributed by atoms with Gasteiger partial charge in [-0.2, -0.15) is 4.31 Å². The quantitative estimate of drug-likeness (QED) is 0.864. The average molecular weight is 284 g/mol. The van der Waals surface area contributed by atoms with Gasteiger partial charge >= 0.3 is 0 Å². The number of rotatable bonds is 4. The number of nitrogens with zero attached hydrogens (tertiary/aromatic N) is 2. The van der Waals surface area contributed by atoms with E-state index in [4.69, 9.17) is 0 Å². The van der Waals surface area contributed by atoms with Crippen LogP contribution in [0.4, 0.5) is 0 Å². The number of aliphatic hydroxyl groups excluding tert-OH is 1. The first-order valence-electron chi connectivity index (χ1n) is 6.37. The number of benzene rings is 1. The third-order valence-electron chi connectivity index (χ3n) is 3.42. The zero-order valence-electron chi connectivity index (χ0n) is 11.1. The fourth-order valence-electron chi connectivity index (χ4n) is 2.27. The molecule has 106 valence electrons. The smallest absolute Gasteiger partial charge is 0.211 e. The Labute approximate surface area is 114 Å². The molecule has 1 aromatic carbocycles. The first-order valence-corrected chi connectivity index (χ1v) is 8.22. The van der Waals surface area contributed by atoms with Crippen molar-refractivity contribution < 1.29 is 13.5 Å². The minimum absolute atomic E-state index is 0.500. The summed E-state index contributed by atoms with van der Waals surface area (Å²) in [5.74, 6) is 0. The SMILES string of the molecule is CS(=O)(=O)N1CCN(CC(O)c2ccccc2)CC1. The number of sulfonamides is 1. The summed E-state index contributed by atoms with van der Waals surface area (Å²) in [7, 11) is -3.09. The van der Waals surface area contributed by atoms with Gasteiger partial charge in [0.1, 0.15) is 0 Å². The molecule has 5 nitrogen and oxygen atoms in total. The molecule has 1 fully saturated rings. The predicted octanol–water partition coefficient (Wildman–Crippen LogP) is 0.297. The number of β-amino-alcohol motifs (C(OH)–C–C–N with tert-alkyl or cyclic N) is 1. The molecule has 1 aromatic rings.